The van der Waals surface area contributed by atoms with E-state index in [1.54, 1.807) is 6.07 Å². The number of nitrogens with two attached hydrogens (primary N) is 1. The number of nitriles is 1. The van der Waals surface area contributed by atoms with Crippen molar-refractivity contribution in [2.75, 3.05) is 11.1 Å². The fraction of sp³-hybridized carbons (Fsp3) is 0. The molecular formula is C12H8ClN5O. The summed E-state index contributed by atoms with van der Waals surface area (Å²) in [6.45, 7) is 0. The van der Waals surface area contributed by atoms with Gasteiger partial charge in [-0.25, -0.2) is 9.97 Å². The van der Waals surface area contributed by atoms with E-state index in [-0.39, 0.29) is 11.5 Å². The summed E-state index contributed by atoms with van der Waals surface area (Å²) < 4.78 is 0. The Morgan fingerprint density at radius 2 is 2.16 bits per heavy atom. The zero-order valence-corrected chi connectivity index (χ0v) is 10.3. The third-order valence-corrected chi connectivity index (χ3v) is 2.49. The van der Waals surface area contributed by atoms with Crippen molar-refractivity contribution in [3.8, 4) is 6.07 Å². The lowest BCUT2D eigenvalue weighted by Crippen LogP contribution is -2.15. The first-order valence-corrected chi connectivity index (χ1v) is 5.56. The Bertz CT molecular complexity index is 663. The number of hydrogen-bond acceptors (Lipinski definition) is 5. The Balaban J connectivity index is 2.26. The van der Waals surface area contributed by atoms with Gasteiger partial charge in [0.25, 0.3) is 5.91 Å². The molecule has 0 unspecified atom stereocenters. The molecule has 2 aromatic rings. The van der Waals surface area contributed by atoms with Gasteiger partial charge >= 0.3 is 0 Å². The van der Waals surface area contributed by atoms with Crippen LogP contribution < -0.4 is 11.1 Å². The van der Waals surface area contributed by atoms with E-state index in [0.717, 1.165) is 0 Å². The second kappa shape index (κ2) is 5.33. The molecule has 0 aliphatic carbocycles. The first kappa shape index (κ1) is 12.8. The van der Waals surface area contributed by atoms with Crippen molar-refractivity contribution in [2.45, 2.75) is 0 Å². The number of aromatic nitrogens is 2. The zero-order valence-electron chi connectivity index (χ0n) is 9.59. The molecule has 3 N–H and O–H groups in total. The number of carbonyl (C=O) groups excluding carboxylic acids is 1. The summed E-state index contributed by atoms with van der Waals surface area (Å²) in [6.07, 6.45) is 2.53. The van der Waals surface area contributed by atoms with Gasteiger partial charge in [-0.2, -0.15) is 5.26 Å². The van der Waals surface area contributed by atoms with Gasteiger partial charge < -0.3 is 11.1 Å². The molecule has 0 saturated carbocycles. The minimum Gasteiger partial charge on any atom is -0.382 e. The number of carbonyl (C=O) groups is 1. The molecule has 7 heteroatoms. The van der Waals surface area contributed by atoms with Gasteiger partial charge in [0.1, 0.15) is 17.6 Å². The molecule has 0 spiro atoms. The molecule has 0 fully saturated rings. The van der Waals surface area contributed by atoms with E-state index in [4.69, 9.17) is 22.6 Å². The maximum Gasteiger partial charge on any atom is 0.275 e. The predicted octanol–water partition coefficient (Wildman–Crippen LogP) is 1.84. The summed E-state index contributed by atoms with van der Waals surface area (Å²) in [5, 5.41) is 11.9. The number of benzene rings is 1. The molecule has 2 rings (SSSR count). The molecule has 1 amide bonds. The summed E-state index contributed by atoms with van der Waals surface area (Å²) >= 11 is 5.82. The van der Waals surface area contributed by atoms with Gasteiger partial charge in [-0.05, 0) is 18.2 Å². The van der Waals surface area contributed by atoms with Crippen LogP contribution in [0.3, 0.4) is 0 Å². The van der Waals surface area contributed by atoms with Gasteiger partial charge in [-0.3, -0.25) is 4.79 Å². The van der Waals surface area contributed by atoms with Crippen molar-refractivity contribution in [1.29, 1.82) is 5.26 Å². The van der Waals surface area contributed by atoms with Crippen LogP contribution in [-0.2, 0) is 0 Å². The summed E-state index contributed by atoms with van der Waals surface area (Å²) in [6, 6.07) is 6.54. The minimum absolute atomic E-state index is 0.0954. The van der Waals surface area contributed by atoms with Gasteiger partial charge in [0.15, 0.2) is 0 Å². The highest BCUT2D eigenvalue weighted by molar-refractivity contribution is 6.31. The Morgan fingerprint density at radius 3 is 2.79 bits per heavy atom. The molecule has 19 heavy (non-hydrogen) atoms. The number of nitrogens with zero attached hydrogens (tertiary/aromatic N) is 3. The Morgan fingerprint density at radius 1 is 1.37 bits per heavy atom. The average molecular weight is 274 g/mol. The van der Waals surface area contributed by atoms with E-state index in [2.05, 4.69) is 15.3 Å². The van der Waals surface area contributed by atoms with Crippen molar-refractivity contribution in [3.05, 3.63) is 46.9 Å². The van der Waals surface area contributed by atoms with E-state index in [1.807, 2.05) is 6.07 Å². The Hall–Kier alpha value is -2.65. The lowest BCUT2D eigenvalue weighted by Gasteiger charge is -2.06. The first-order chi connectivity index (χ1) is 9.10. The molecule has 0 atom stereocenters. The molecular weight excluding hydrogens is 266 g/mol. The van der Waals surface area contributed by atoms with Crippen LogP contribution in [0, 0.1) is 11.3 Å². The van der Waals surface area contributed by atoms with Gasteiger partial charge in [0.2, 0.25) is 0 Å². The number of anilines is 2. The zero-order chi connectivity index (χ0) is 13.8. The molecule has 1 aromatic carbocycles. The fourth-order valence-corrected chi connectivity index (χ4v) is 1.53. The highest BCUT2D eigenvalue weighted by Crippen LogP contribution is 2.20. The van der Waals surface area contributed by atoms with Crippen molar-refractivity contribution >= 4 is 29.0 Å². The van der Waals surface area contributed by atoms with Gasteiger partial charge in [-0.1, -0.05) is 11.6 Å². The molecule has 0 aliphatic rings. The lowest BCUT2D eigenvalue weighted by molar-refractivity contribution is 0.102. The fourth-order valence-electron chi connectivity index (χ4n) is 1.36. The number of hydrogen-bond donors (Lipinski definition) is 2. The third-order valence-electron chi connectivity index (χ3n) is 2.25. The largest absolute Gasteiger partial charge is 0.382 e. The van der Waals surface area contributed by atoms with Crippen molar-refractivity contribution in [1.82, 2.24) is 9.97 Å². The molecule has 0 saturated heterocycles. The molecule has 94 valence electrons. The van der Waals surface area contributed by atoms with Crippen LogP contribution in [0.5, 0.6) is 0 Å². The van der Waals surface area contributed by atoms with Crippen molar-refractivity contribution < 1.29 is 4.79 Å². The van der Waals surface area contributed by atoms with Crippen LogP contribution in [0.25, 0.3) is 0 Å². The summed E-state index contributed by atoms with van der Waals surface area (Å²) in [4.78, 5) is 19.5. The average Bonchev–Trinajstić information content (AvgIpc) is 2.39. The molecule has 0 bridgehead atoms. The molecule has 1 aromatic heterocycles. The monoisotopic (exact) mass is 273 g/mol. The van der Waals surface area contributed by atoms with Crippen LogP contribution >= 0.6 is 11.6 Å². The summed E-state index contributed by atoms with van der Waals surface area (Å²) in [5.41, 5.74) is 6.10. The highest BCUT2D eigenvalue weighted by Gasteiger charge is 2.11. The number of rotatable bonds is 2. The molecule has 1 heterocycles. The minimum atomic E-state index is -0.494. The van der Waals surface area contributed by atoms with E-state index < -0.39 is 5.91 Å². The van der Waals surface area contributed by atoms with Crippen LogP contribution in [0.15, 0.2) is 30.6 Å². The van der Waals surface area contributed by atoms with Gasteiger partial charge in [0.05, 0.1) is 23.6 Å². The number of halogens is 1. The number of nitrogens with one attached hydrogen (secondary N) is 1. The van der Waals surface area contributed by atoms with E-state index in [1.165, 1.54) is 24.5 Å². The van der Waals surface area contributed by atoms with Gasteiger partial charge in [-0.15, -0.1) is 0 Å². The maximum atomic E-state index is 11.9. The van der Waals surface area contributed by atoms with Gasteiger partial charge in [0, 0.05) is 5.02 Å². The standard InChI is InChI=1S/C12H8ClN5O/c13-8-2-1-7(4-14)9(3-8)18-12(19)10-5-17-11(15)6-16-10/h1-3,5-6H,(H2,15,17)(H,18,19). The smallest absolute Gasteiger partial charge is 0.275 e. The number of nitrogen functional groups attached to an aromatic ring is 1. The van der Waals surface area contributed by atoms with E-state index >= 15 is 0 Å². The lowest BCUT2D eigenvalue weighted by atomic mass is 10.2. The van der Waals surface area contributed by atoms with Crippen molar-refractivity contribution in [2.24, 2.45) is 0 Å². The Kier molecular flexibility index (Phi) is 3.59. The van der Waals surface area contributed by atoms with Crippen LogP contribution in [0.2, 0.25) is 5.02 Å². The van der Waals surface area contributed by atoms with Crippen LogP contribution in [0.4, 0.5) is 11.5 Å². The summed E-state index contributed by atoms with van der Waals surface area (Å²) in [7, 11) is 0. The van der Waals surface area contributed by atoms with Crippen LogP contribution in [0.1, 0.15) is 16.1 Å². The Labute approximate surface area is 113 Å². The summed E-state index contributed by atoms with van der Waals surface area (Å²) in [5.74, 6) is -0.275. The van der Waals surface area contributed by atoms with Crippen molar-refractivity contribution in [3.63, 3.8) is 0 Å². The SMILES string of the molecule is N#Cc1ccc(Cl)cc1NC(=O)c1cnc(N)cn1. The third kappa shape index (κ3) is 2.97. The molecule has 0 aliphatic heterocycles. The first-order valence-electron chi connectivity index (χ1n) is 5.18. The second-order valence-corrected chi connectivity index (χ2v) is 4.02. The number of amides is 1. The van der Waals surface area contributed by atoms with Crippen LogP contribution in [-0.4, -0.2) is 15.9 Å². The normalized spacial score (nSPS) is 9.68. The quantitative estimate of drug-likeness (QED) is 0.868. The molecule has 6 nitrogen and oxygen atoms in total. The maximum absolute atomic E-state index is 11.9. The van der Waals surface area contributed by atoms with E-state index in [0.29, 0.717) is 16.3 Å². The highest BCUT2D eigenvalue weighted by atomic mass is 35.5. The predicted molar refractivity (Wildman–Crippen MR) is 70.6 cm³/mol. The van der Waals surface area contributed by atoms with E-state index in [9.17, 15) is 4.79 Å². The second-order valence-electron chi connectivity index (χ2n) is 3.58. The molecule has 0 radical (unpaired) electrons. The topological polar surface area (TPSA) is 105 Å².